The van der Waals surface area contributed by atoms with Gasteiger partial charge in [0.15, 0.2) is 0 Å². The Kier molecular flexibility index (Phi) is 6.18. The van der Waals surface area contributed by atoms with Crippen LogP contribution in [0.3, 0.4) is 0 Å². The standard InChI is InChI=1S/C13H15N3O6S/c17-12(14-5-6-21-16(19)20)9-3-1-2-4-11(9)22-13(18)10-7-23-8-15-10/h1-4,10,15H,5-8H2,(H,14,17). The summed E-state index contributed by atoms with van der Waals surface area (Å²) in [6.07, 6.45) is 0. The summed E-state index contributed by atoms with van der Waals surface area (Å²) in [6, 6.07) is 5.89. The zero-order valence-electron chi connectivity index (χ0n) is 12.0. The lowest BCUT2D eigenvalue weighted by Gasteiger charge is -2.12. The molecule has 1 saturated heterocycles. The highest BCUT2D eigenvalue weighted by atomic mass is 32.2. The van der Waals surface area contributed by atoms with E-state index in [2.05, 4.69) is 15.5 Å². The van der Waals surface area contributed by atoms with Crippen molar-refractivity contribution in [3.05, 3.63) is 39.9 Å². The Labute approximate surface area is 135 Å². The number of benzene rings is 1. The maximum Gasteiger partial charge on any atom is 0.329 e. The second kappa shape index (κ2) is 8.34. The van der Waals surface area contributed by atoms with Crippen LogP contribution in [-0.2, 0) is 9.63 Å². The molecule has 2 rings (SSSR count). The Morgan fingerprint density at radius 3 is 2.91 bits per heavy atom. The largest absolute Gasteiger partial charge is 0.424 e. The van der Waals surface area contributed by atoms with E-state index >= 15 is 0 Å². The van der Waals surface area contributed by atoms with Crippen LogP contribution in [0.15, 0.2) is 24.3 Å². The van der Waals surface area contributed by atoms with E-state index in [4.69, 9.17) is 4.74 Å². The lowest BCUT2D eigenvalue weighted by Crippen LogP contribution is -2.36. The van der Waals surface area contributed by atoms with Crippen LogP contribution in [0.5, 0.6) is 5.75 Å². The first-order valence-electron chi connectivity index (χ1n) is 6.75. The topological polar surface area (TPSA) is 120 Å². The van der Waals surface area contributed by atoms with Crippen LogP contribution in [0.25, 0.3) is 0 Å². The predicted octanol–water partition coefficient (Wildman–Crippen LogP) is 0.193. The van der Waals surface area contributed by atoms with Crippen LogP contribution in [0.1, 0.15) is 10.4 Å². The number of para-hydroxylation sites is 1. The van der Waals surface area contributed by atoms with Crippen LogP contribution in [-0.4, -0.2) is 47.8 Å². The number of esters is 1. The molecule has 1 fully saturated rings. The molecule has 0 radical (unpaired) electrons. The van der Waals surface area contributed by atoms with Gasteiger partial charge in [0, 0.05) is 18.2 Å². The fourth-order valence-electron chi connectivity index (χ4n) is 1.85. The molecule has 1 unspecified atom stereocenters. The molecule has 9 nitrogen and oxygen atoms in total. The van der Waals surface area contributed by atoms with Crippen molar-refractivity contribution < 1.29 is 24.3 Å². The average molecular weight is 341 g/mol. The van der Waals surface area contributed by atoms with Crippen LogP contribution >= 0.6 is 11.8 Å². The van der Waals surface area contributed by atoms with Crippen molar-refractivity contribution in [3.8, 4) is 5.75 Å². The Morgan fingerprint density at radius 2 is 2.22 bits per heavy atom. The lowest BCUT2D eigenvalue weighted by molar-refractivity contribution is -0.757. The summed E-state index contributed by atoms with van der Waals surface area (Å²) in [7, 11) is 0. The number of amides is 1. The quantitative estimate of drug-likeness (QED) is 0.237. The third kappa shape index (κ3) is 5.11. The smallest absolute Gasteiger partial charge is 0.329 e. The molecular formula is C13H15N3O6S. The molecule has 1 aliphatic rings. The van der Waals surface area contributed by atoms with Crippen molar-refractivity contribution in [1.82, 2.24) is 10.6 Å². The van der Waals surface area contributed by atoms with Gasteiger partial charge < -0.3 is 14.9 Å². The average Bonchev–Trinajstić information content (AvgIpc) is 3.06. The Bertz CT molecular complexity index is 591. The number of hydrogen-bond donors (Lipinski definition) is 2. The Balaban J connectivity index is 1.94. The van der Waals surface area contributed by atoms with E-state index in [1.807, 2.05) is 0 Å². The summed E-state index contributed by atoms with van der Waals surface area (Å²) in [5.41, 5.74) is 0.174. The SMILES string of the molecule is O=C(NCCO[N+](=O)[O-])c1ccccc1OC(=O)C1CSCN1. The van der Waals surface area contributed by atoms with E-state index in [1.165, 1.54) is 12.1 Å². The molecular weight excluding hydrogens is 326 g/mol. The molecule has 1 aromatic carbocycles. The van der Waals surface area contributed by atoms with E-state index < -0.39 is 23.0 Å². The normalized spacial score (nSPS) is 16.6. The zero-order chi connectivity index (χ0) is 16.7. The summed E-state index contributed by atoms with van der Waals surface area (Å²) in [4.78, 5) is 38.2. The first kappa shape index (κ1) is 17.0. The number of nitrogens with one attached hydrogen (secondary N) is 2. The van der Waals surface area contributed by atoms with Gasteiger partial charge in [0.25, 0.3) is 11.0 Å². The molecule has 0 saturated carbocycles. The summed E-state index contributed by atoms with van der Waals surface area (Å²) in [5.74, 6) is 0.481. The highest BCUT2D eigenvalue weighted by Gasteiger charge is 2.25. The van der Waals surface area contributed by atoms with Gasteiger partial charge in [-0.1, -0.05) is 12.1 Å². The third-order valence-corrected chi connectivity index (χ3v) is 3.87. The lowest BCUT2D eigenvalue weighted by atomic mass is 10.2. The molecule has 2 N–H and O–H groups in total. The van der Waals surface area contributed by atoms with E-state index in [9.17, 15) is 19.7 Å². The fraction of sp³-hybridized carbons (Fsp3) is 0.385. The monoisotopic (exact) mass is 341 g/mol. The molecule has 1 amide bonds. The third-order valence-electron chi connectivity index (χ3n) is 2.93. The summed E-state index contributed by atoms with van der Waals surface area (Å²) in [6.45, 7) is -0.299. The molecule has 1 atom stereocenters. The molecule has 0 spiro atoms. The maximum absolute atomic E-state index is 12.1. The molecule has 0 aliphatic carbocycles. The first-order chi connectivity index (χ1) is 11.1. The molecule has 1 aromatic rings. The Morgan fingerprint density at radius 1 is 1.43 bits per heavy atom. The number of thioether (sulfide) groups is 1. The predicted molar refractivity (Wildman–Crippen MR) is 81.6 cm³/mol. The number of hydrogen-bond acceptors (Lipinski definition) is 8. The first-order valence-corrected chi connectivity index (χ1v) is 7.91. The maximum atomic E-state index is 12.1. The van der Waals surface area contributed by atoms with Gasteiger partial charge in [-0.2, -0.15) is 0 Å². The van der Waals surface area contributed by atoms with E-state index in [0.29, 0.717) is 11.6 Å². The number of ether oxygens (including phenoxy) is 1. The van der Waals surface area contributed by atoms with Crippen molar-refractivity contribution in [2.24, 2.45) is 0 Å². The summed E-state index contributed by atoms with van der Waals surface area (Å²) in [5, 5.41) is 14.5. The molecule has 0 bridgehead atoms. The number of carbonyl (C=O) groups excluding carboxylic acids is 2. The van der Waals surface area contributed by atoms with Gasteiger partial charge >= 0.3 is 5.97 Å². The van der Waals surface area contributed by atoms with Crippen LogP contribution < -0.4 is 15.4 Å². The van der Waals surface area contributed by atoms with Gasteiger partial charge in [-0.25, -0.2) is 4.79 Å². The van der Waals surface area contributed by atoms with Crippen LogP contribution in [0.2, 0.25) is 0 Å². The summed E-state index contributed by atoms with van der Waals surface area (Å²) >= 11 is 1.59. The number of carbonyl (C=O) groups is 2. The van der Waals surface area contributed by atoms with E-state index in [-0.39, 0.29) is 24.5 Å². The molecule has 1 heterocycles. The minimum Gasteiger partial charge on any atom is -0.424 e. The molecule has 124 valence electrons. The van der Waals surface area contributed by atoms with Gasteiger partial charge in [0.1, 0.15) is 18.4 Å². The molecule has 23 heavy (non-hydrogen) atoms. The van der Waals surface area contributed by atoms with Gasteiger partial charge in [0.05, 0.1) is 5.56 Å². The highest BCUT2D eigenvalue weighted by Crippen LogP contribution is 2.20. The molecule has 0 aromatic heterocycles. The second-order valence-corrected chi connectivity index (χ2v) is 5.53. The Hall–Kier alpha value is -2.33. The zero-order valence-corrected chi connectivity index (χ0v) is 12.8. The number of rotatable bonds is 7. The van der Waals surface area contributed by atoms with Crippen molar-refractivity contribution in [2.45, 2.75) is 6.04 Å². The van der Waals surface area contributed by atoms with Crippen LogP contribution in [0, 0.1) is 10.1 Å². The summed E-state index contributed by atoms with van der Waals surface area (Å²) < 4.78 is 5.28. The van der Waals surface area contributed by atoms with Gasteiger partial charge in [-0.3, -0.25) is 10.1 Å². The molecule has 10 heteroatoms. The van der Waals surface area contributed by atoms with Gasteiger partial charge in [-0.05, 0) is 12.1 Å². The molecule has 1 aliphatic heterocycles. The second-order valence-electron chi connectivity index (χ2n) is 4.50. The minimum absolute atomic E-state index is 0.0388. The van der Waals surface area contributed by atoms with Crippen molar-refractivity contribution in [2.75, 3.05) is 24.8 Å². The highest BCUT2D eigenvalue weighted by molar-refractivity contribution is 7.99. The van der Waals surface area contributed by atoms with Crippen molar-refractivity contribution in [3.63, 3.8) is 0 Å². The van der Waals surface area contributed by atoms with Crippen LogP contribution in [0.4, 0.5) is 0 Å². The van der Waals surface area contributed by atoms with Crippen molar-refractivity contribution in [1.29, 1.82) is 0 Å². The van der Waals surface area contributed by atoms with Gasteiger partial charge in [-0.15, -0.1) is 21.9 Å². The van der Waals surface area contributed by atoms with Gasteiger partial charge in [0.2, 0.25) is 0 Å². The fourth-order valence-corrected chi connectivity index (χ4v) is 2.78. The minimum atomic E-state index is -0.936. The van der Waals surface area contributed by atoms with E-state index in [1.54, 1.807) is 23.9 Å². The van der Waals surface area contributed by atoms with Crippen molar-refractivity contribution >= 4 is 23.6 Å². The van der Waals surface area contributed by atoms with E-state index in [0.717, 1.165) is 0 Å². The number of nitrogens with zero attached hydrogens (tertiary/aromatic N) is 1.